The molecule has 4 N–H and O–H groups in total. The van der Waals surface area contributed by atoms with E-state index >= 15 is 0 Å². The monoisotopic (exact) mass is 242 g/mol. The highest BCUT2D eigenvalue weighted by atomic mass is 16.3. The van der Waals surface area contributed by atoms with Crippen LogP contribution in [0, 0.1) is 11.3 Å². The van der Waals surface area contributed by atoms with Crippen LogP contribution in [0.2, 0.25) is 0 Å². The zero-order valence-corrected chi connectivity index (χ0v) is 11.0. The Morgan fingerprint density at radius 1 is 1.35 bits per heavy atom. The summed E-state index contributed by atoms with van der Waals surface area (Å²) in [6, 6.07) is 0. The largest absolute Gasteiger partial charge is 0.391 e. The average Bonchev–Trinajstić information content (AvgIpc) is 2.36. The number of carbonyl (C=O) groups is 1. The van der Waals surface area contributed by atoms with Crippen molar-refractivity contribution in [2.45, 2.75) is 52.1 Å². The fourth-order valence-corrected chi connectivity index (χ4v) is 2.37. The molecule has 0 aromatic heterocycles. The second kappa shape index (κ2) is 6.36. The number of nitrogens with one attached hydrogen (secondary N) is 1. The number of hydrogen-bond acceptors (Lipinski definition) is 3. The molecule has 4 nitrogen and oxygen atoms in total. The Balaban J connectivity index is 2.49. The van der Waals surface area contributed by atoms with Gasteiger partial charge in [0.2, 0.25) is 5.91 Å². The van der Waals surface area contributed by atoms with Gasteiger partial charge in [0.25, 0.3) is 0 Å². The molecule has 0 aromatic rings. The lowest BCUT2D eigenvalue weighted by molar-refractivity contribution is -0.133. The Kier molecular flexibility index (Phi) is 5.40. The second-order valence-electron chi connectivity index (χ2n) is 5.57. The third kappa shape index (κ3) is 3.68. The van der Waals surface area contributed by atoms with Gasteiger partial charge < -0.3 is 16.2 Å². The van der Waals surface area contributed by atoms with Crippen LogP contribution in [0.1, 0.15) is 46.0 Å². The van der Waals surface area contributed by atoms with Gasteiger partial charge in [0.1, 0.15) is 0 Å². The molecule has 0 radical (unpaired) electrons. The van der Waals surface area contributed by atoms with E-state index in [9.17, 15) is 9.90 Å². The molecular weight excluding hydrogens is 216 g/mol. The second-order valence-corrected chi connectivity index (χ2v) is 5.57. The van der Waals surface area contributed by atoms with Crippen molar-refractivity contribution in [1.29, 1.82) is 0 Å². The molecule has 17 heavy (non-hydrogen) atoms. The molecule has 1 atom stereocenters. The van der Waals surface area contributed by atoms with Crippen molar-refractivity contribution in [2.24, 2.45) is 17.1 Å². The summed E-state index contributed by atoms with van der Waals surface area (Å²) in [5, 5.41) is 12.5. The highest BCUT2D eigenvalue weighted by Crippen LogP contribution is 2.35. The molecule has 0 bridgehead atoms. The fraction of sp³-hybridized carbons (Fsp3) is 0.923. The molecule has 1 amide bonds. The van der Waals surface area contributed by atoms with E-state index in [2.05, 4.69) is 5.32 Å². The van der Waals surface area contributed by atoms with Crippen LogP contribution in [0.15, 0.2) is 0 Å². The first-order chi connectivity index (χ1) is 8.02. The zero-order valence-electron chi connectivity index (χ0n) is 11.0. The number of amides is 1. The van der Waals surface area contributed by atoms with E-state index in [1.165, 1.54) is 6.42 Å². The number of nitrogens with two attached hydrogens (primary N) is 1. The summed E-state index contributed by atoms with van der Waals surface area (Å²) in [7, 11) is 0. The molecule has 1 aliphatic carbocycles. The van der Waals surface area contributed by atoms with Crippen molar-refractivity contribution in [3.05, 3.63) is 0 Å². The maximum atomic E-state index is 12.2. The van der Waals surface area contributed by atoms with Gasteiger partial charge in [0, 0.05) is 13.1 Å². The lowest BCUT2D eigenvalue weighted by atomic mass is 9.73. The maximum Gasteiger partial charge on any atom is 0.227 e. The van der Waals surface area contributed by atoms with Crippen molar-refractivity contribution in [2.75, 3.05) is 13.1 Å². The van der Waals surface area contributed by atoms with Gasteiger partial charge in [0.15, 0.2) is 0 Å². The number of aliphatic hydroxyl groups excluding tert-OH is 1. The molecule has 4 heteroatoms. The van der Waals surface area contributed by atoms with Crippen molar-refractivity contribution >= 4 is 5.91 Å². The van der Waals surface area contributed by atoms with E-state index in [1.54, 1.807) is 0 Å². The van der Waals surface area contributed by atoms with Gasteiger partial charge in [-0.2, -0.15) is 0 Å². The van der Waals surface area contributed by atoms with Crippen LogP contribution >= 0.6 is 0 Å². The quantitative estimate of drug-likeness (QED) is 0.674. The van der Waals surface area contributed by atoms with Gasteiger partial charge in [0.05, 0.1) is 11.5 Å². The molecule has 0 aliphatic heterocycles. The van der Waals surface area contributed by atoms with Crippen LogP contribution in [0.25, 0.3) is 0 Å². The summed E-state index contributed by atoms with van der Waals surface area (Å²) in [4.78, 5) is 12.2. The zero-order chi connectivity index (χ0) is 12.9. The molecule has 0 aromatic carbocycles. The topological polar surface area (TPSA) is 75.3 Å². The van der Waals surface area contributed by atoms with Crippen molar-refractivity contribution in [3.63, 3.8) is 0 Å². The number of rotatable bonds is 5. The molecule has 1 fully saturated rings. The summed E-state index contributed by atoms with van der Waals surface area (Å²) >= 11 is 0. The SMILES string of the molecule is CC(C)C(O)CNC(=O)C1(CN)CCCCC1. The van der Waals surface area contributed by atoms with Gasteiger partial charge in [-0.05, 0) is 18.8 Å². The molecule has 0 spiro atoms. The Labute approximate surface area is 104 Å². The first-order valence-corrected chi connectivity index (χ1v) is 6.68. The highest BCUT2D eigenvalue weighted by molar-refractivity contribution is 5.83. The van der Waals surface area contributed by atoms with Gasteiger partial charge >= 0.3 is 0 Å². The summed E-state index contributed by atoms with van der Waals surface area (Å²) < 4.78 is 0. The summed E-state index contributed by atoms with van der Waals surface area (Å²) in [5.74, 6) is 0.190. The maximum absolute atomic E-state index is 12.2. The molecule has 1 unspecified atom stereocenters. The Hall–Kier alpha value is -0.610. The molecule has 0 heterocycles. The molecule has 0 saturated heterocycles. The van der Waals surface area contributed by atoms with Crippen LogP contribution in [-0.2, 0) is 4.79 Å². The Bertz CT molecular complexity index is 248. The third-order valence-electron chi connectivity index (χ3n) is 3.92. The molecule has 1 saturated carbocycles. The molecule has 1 rings (SSSR count). The number of carbonyl (C=O) groups excluding carboxylic acids is 1. The normalized spacial score (nSPS) is 21.2. The van der Waals surface area contributed by atoms with E-state index in [1.807, 2.05) is 13.8 Å². The van der Waals surface area contributed by atoms with Crippen molar-refractivity contribution in [3.8, 4) is 0 Å². The van der Waals surface area contributed by atoms with Gasteiger partial charge in [-0.3, -0.25) is 4.79 Å². The van der Waals surface area contributed by atoms with Crippen LogP contribution < -0.4 is 11.1 Å². The van der Waals surface area contributed by atoms with Gasteiger partial charge in [-0.1, -0.05) is 33.1 Å². The minimum absolute atomic E-state index is 0.0272. The average molecular weight is 242 g/mol. The van der Waals surface area contributed by atoms with Crippen LogP contribution in [-0.4, -0.2) is 30.2 Å². The smallest absolute Gasteiger partial charge is 0.227 e. The first-order valence-electron chi connectivity index (χ1n) is 6.68. The van der Waals surface area contributed by atoms with E-state index in [0.29, 0.717) is 13.1 Å². The number of aliphatic hydroxyl groups is 1. The predicted molar refractivity (Wildman–Crippen MR) is 68.4 cm³/mol. The lowest BCUT2D eigenvalue weighted by Gasteiger charge is -2.35. The van der Waals surface area contributed by atoms with Crippen LogP contribution in [0.4, 0.5) is 0 Å². The Morgan fingerprint density at radius 2 is 1.94 bits per heavy atom. The lowest BCUT2D eigenvalue weighted by Crippen LogP contribution is -2.49. The van der Waals surface area contributed by atoms with E-state index in [-0.39, 0.29) is 17.2 Å². The van der Waals surface area contributed by atoms with E-state index in [0.717, 1.165) is 25.7 Å². The van der Waals surface area contributed by atoms with Crippen molar-refractivity contribution in [1.82, 2.24) is 5.32 Å². The standard InChI is InChI=1S/C13H26N2O2/c1-10(2)11(16)8-15-12(17)13(9-14)6-4-3-5-7-13/h10-11,16H,3-9,14H2,1-2H3,(H,15,17). The Morgan fingerprint density at radius 3 is 2.41 bits per heavy atom. The summed E-state index contributed by atoms with van der Waals surface area (Å²) in [6.45, 7) is 4.63. The molecule has 100 valence electrons. The minimum atomic E-state index is -0.475. The van der Waals surface area contributed by atoms with Gasteiger partial charge in [-0.15, -0.1) is 0 Å². The van der Waals surface area contributed by atoms with Crippen molar-refractivity contribution < 1.29 is 9.90 Å². The van der Waals surface area contributed by atoms with Crippen LogP contribution in [0.3, 0.4) is 0 Å². The van der Waals surface area contributed by atoms with E-state index < -0.39 is 6.10 Å². The fourth-order valence-electron chi connectivity index (χ4n) is 2.37. The number of hydrogen-bond donors (Lipinski definition) is 3. The summed E-state index contributed by atoms with van der Waals surface area (Å²) in [5.41, 5.74) is 5.40. The van der Waals surface area contributed by atoms with E-state index in [4.69, 9.17) is 5.73 Å². The molecular formula is C13H26N2O2. The highest BCUT2D eigenvalue weighted by Gasteiger charge is 2.38. The molecule has 1 aliphatic rings. The minimum Gasteiger partial charge on any atom is -0.391 e. The predicted octanol–water partition coefficient (Wildman–Crippen LogP) is 1.03. The van der Waals surface area contributed by atoms with Gasteiger partial charge in [-0.25, -0.2) is 0 Å². The van der Waals surface area contributed by atoms with Crippen LogP contribution in [0.5, 0.6) is 0 Å². The third-order valence-corrected chi connectivity index (χ3v) is 3.92. The first kappa shape index (κ1) is 14.5. The summed E-state index contributed by atoms with van der Waals surface area (Å²) in [6.07, 6.45) is 4.65.